The van der Waals surface area contributed by atoms with Gasteiger partial charge < -0.3 is 16.0 Å². The average Bonchev–Trinajstić information content (AvgIpc) is 2.45. The van der Waals surface area contributed by atoms with Crippen molar-refractivity contribution in [1.82, 2.24) is 5.32 Å². The number of anilines is 1. The fourth-order valence-corrected chi connectivity index (χ4v) is 2.77. The van der Waals surface area contributed by atoms with Gasteiger partial charge in [0.05, 0.1) is 0 Å². The summed E-state index contributed by atoms with van der Waals surface area (Å²) in [7, 11) is 1.99. The molecule has 2 rings (SSSR count). The van der Waals surface area contributed by atoms with E-state index in [1.165, 1.54) is 24.9 Å². The maximum absolute atomic E-state index is 11.1. The second kappa shape index (κ2) is 6.57. The second-order valence-electron chi connectivity index (χ2n) is 5.15. The minimum Gasteiger partial charge on any atom is -0.369 e. The fraction of sp³-hybridized carbons (Fsp3) is 0.533. The highest BCUT2D eigenvalue weighted by Crippen LogP contribution is 2.26. The number of hydrogen-bond acceptors (Lipinski definition) is 3. The van der Waals surface area contributed by atoms with Gasteiger partial charge in [0.15, 0.2) is 0 Å². The molecule has 3 N–H and O–H groups in total. The molecule has 1 heterocycles. The Bertz CT molecular complexity index is 416. The van der Waals surface area contributed by atoms with Crippen molar-refractivity contribution in [3.63, 3.8) is 0 Å². The van der Waals surface area contributed by atoms with Crippen molar-refractivity contribution >= 4 is 11.6 Å². The Labute approximate surface area is 115 Å². The molecular formula is C15H23N3O. The minimum absolute atomic E-state index is 0.364. The van der Waals surface area contributed by atoms with Crippen LogP contribution < -0.4 is 16.0 Å². The van der Waals surface area contributed by atoms with Crippen molar-refractivity contribution < 1.29 is 4.79 Å². The number of benzene rings is 1. The number of nitrogens with zero attached hydrogens (tertiary/aromatic N) is 1. The van der Waals surface area contributed by atoms with E-state index in [-0.39, 0.29) is 5.91 Å². The molecule has 1 aromatic rings. The van der Waals surface area contributed by atoms with Crippen LogP contribution >= 0.6 is 0 Å². The molecule has 0 saturated carbocycles. The zero-order chi connectivity index (χ0) is 13.7. The predicted octanol–water partition coefficient (Wildman–Crippen LogP) is 1.75. The molecule has 0 bridgehead atoms. The second-order valence-corrected chi connectivity index (χ2v) is 5.15. The van der Waals surface area contributed by atoms with Crippen LogP contribution in [0, 0.1) is 0 Å². The molecule has 0 spiro atoms. The van der Waals surface area contributed by atoms with Gasteiger partial charge in [-0.2, -0.15) is 0 Å². The van der Waals surface area contributed by atoms with E-state index < -0.39 is 0 Å². The Morgan fingerprint density at radius 2 is 2.11 bits per heavy atom. The van der Waals surface area contributed by atoms with Crippen molar-refractivity contribution in [1.29, 1.82) is 0 Å². The molecule has 19 heavy (non-hydrogen) atoms. The Balaban J connectivity index is 2.10. The number of nitrogens with two attached hydrogens (primary N) is 1. The summed E-state index contributed by atoms with van der Waals surface area (Å²) in [6.45, 7) is 2.14. The van der Waals surface area contributed by atoms with Crippen molar-refractivity contribution in [2.24, 2.45) is 5.73 Å². The largest absolute Gasteiger partial charge is 0.369 e. The fourth-order valence-electron chi connectivity index (χ4n) is 2.77. The lowest BCUT2D eigenvalue weighted by molar-refractivity contribution is 0.100. The van der Waals surface area contributed by atoms with Gasteiger partial charge in [-0.15, -0.1) is 0 Å². The molecule has 1 unspecified atom stereocenters. The molecule has 1 aliphatic rings. The standard InChI is InChI=1S/C15H23N3O/c1-17-10-9-13-4-2-3-11-18(13)14-7-5-12(6-8-14)15(16)19/h5-8,13,17H,2-4,9-11H2,1H3,(H2,16,19). The number of piperidine rings is 1. The first-order valence-electron chi connectivity index (χ1n) is 7.03. The first-order valence-corrected chi connectivity index (χ1v) is 7.03. The first kappa shape index (κ1) is 13.9. The maximum atomic E-state index is 11.1. The van der Waals surface area contributed by atoms with Gasteiger partial charge in [0, 0.05) is 23.8 Å². The molecule has 1 aliphatic heterocycles. The van der Waals surface area contributed by atoms with Crippen LogP contribution in [0.2, 0.25) is 0 Å². The number of amides is 1. The summed E-state index contributed by atoms with van der Waals surface area (Å²) in [5, 5.41) is 3.22. The zero-order valence-electron chi connectivity index (χ0n) is 11.6. The first-order chi connectivity index (χ1) is 9.22. The van der Waals surface area contributed by atoms with Gasteiger partial charge in [-0.1, -0.05) is 0 Å². The van der Waals surface area contributed by atoms with Gasteiger partial charge in [-0.3, -0.25) is 4.79 Å². The molecule has 0 radical (unpaired) electrons. The number of carbonyl (C=O) groups excluding carboxylic acids is 1. The van der Waals surface area contributed by atoms with Crippen LogP contribution in [0.4, 0.5) is 5.69 Å². The van der Waals surface area contributed by atoms with Crippen LogP contribution in [-0.4, -0.2) is 32.1 Å². The van der Waals surface area contributed by atoms with Crippen molar-refractivity contribution in [3.05, 3.63) is 29.8 Å². The molecule has 104 valence electrons. The summed E-state index contributed by atoms with van der Waals surface area (Å²) in [5.74, 6) is -0.364. The molecule has 1 amide bonds. The summed E-state index contributed by atoms with van der Waals surface area (Å²) in [4.78, 5) is 13.6. The third-order valence-electron chi connectivity index (χ3n) is 3.84. The van der Waals surface area contributed by atoms with Crippen LogP contribution in [0.3, 0.4) is 0 Å². The lowest BCUT2D eigenvalue weighted by atomic mass is 9.98. The van der Waals surface area contributed by atoms with E-state index in [1.54, 1.807) is 0 Å². The molecule has 1 saturated heterocycles. The molecule has 4 heteroatoms. The Kier molecular flexibility index (Phi) is 4.80. The SMILES string of the molecule is CNCCC1CCCCN1c1ccc(C(N)=O)cc1. The van der Waals surface area contributed by atoms with Gasteiger partial charge in [-0.05, 0) is 63.5 Å². The highest BCUT2D eigenvalue weighted by molar-refractivity contribution is 5.93. The van der Waals surface area contributed by atoms with E-state index in [0.29, 0.717) is 11.6 Å². The predicted molar refractivity (Wildman–Crippen MR) is 78.5 cm³/mol. The number of rotatable bonds is 5. The topological polar surface area (TPSA) is 58.4 Å². The van der Waals surface area contributed by atoms with Crippen LogP contribution in [-0.2, 0) is 0 Å². The van der Waals surface area contributed by atoms with Gasteiger partial charge in [0.25, 0.3) is 0 Å². The van der Waals surface area contributed by atoms with E-state index in [0.717, 1.165) is 19.5 Å². The quantitative estimate of drug-likeness (QED) is 0.849. The van der Waals surface area contributed by atoms with Gasteiger partial charge in [-0.25, -0.2) is 0 Å². The summed E-state index contributed by atoms with van der Waals surface area (Å²) in [6, 6.07) is 8.26. The van der Waals surface area contributed by atoms with E-state index in [2.05, 4.69) is 10.2 Å². The van der Waals surface area contributed by atoms with Crippen LogP contribution in [0.15, 0.2) is 24.3 Å². The number of primary amides is 1. The summed E-state index contributed by atoms with van der Waals surface area (Å²) in [5.41, 5.74) is 7.05. The third kappa shape index (κ3) is 3.47. The summed E-state index contributed by atoms with van der Waals surface area (Å²) >= 11 is 0. The van der Waals surface area contributed by atoms with Crippen molar-refractivity contribution in [3.8, 4) is 0 Å². The lowest BCUT2D eigenvalue weighted by Gasteiger charge is -2.37. The third-order valence-corrected chi connectivity index (χ3v) is 3.84. The Morgan fingerprint density at radius 1 is 1.37 bits per heavy atom. The molecule has 0 aliphatic carbocycles. The number of nitrogens with one attached hydrogen (secondary N) is 1. The van der Waals surface area contributed by atoms with Gasteiger partial charge >= 0.3 is 0 Å². The summed E-state index contributed by atoms with van der Waals surface area (Å²) < 4.78 is 0. The Morgan fingerprint density at radius 3 is 2.74 bits per heavy atom. The van der Waals surface area contributed by atoms with Gasteiger partial charge in [0.1, 0.15) is 0 Å². The van der Waals surface area contributed by atoms with E-state index in [4.69, 9.17) is 5.73 Å². The molecule has 1 aromatic carbocycles. The zero-order valence-corrected chi connectivity index (χ0v) is 11.6. The molecular weight excluding hydrogens is 238 g/mol. The maximum Gasteiger partial charge on any atom is 0.248 e. The smallest absolute Gasteiger partial charge is 0.248 e. The van der Waals surface area contributed by atoms with E-state index >= 15 is 0 Å². The van der Waals surface area contributed by atoms with Crippen molar-refractivity contribution in [2.75, 3.05) is 25.0 Å². The summed E-state index contributed by atoms with van der Waals surface area (Å²) in [6.07, 6.45) is 4.96. The minimum atomic E-state index is -0.364. The highest BCUT2D eigenvalue weighted by Gasteiger charge is 2.22. The molecule has 0 aromatic heterocycles. The number of hydrogen-bond donors (Lipinski definition) is 2. The average molecular weight is 261 g/mol. The normalized spacial score (nSPS) is 19.4. The molecule has 4 nitrogen and oxygen atoms in total. The van der Waals surface area contributed by atoms with Crippen molar-refractivity contribution in [2.45, 2.75) is 31.7 Å². The van der Waals surface area contributed by atoms with E-state index in [1.807, 2.05) is 31.3 Å². The molecule has 1 fully saturated rings. The highest BCUT2D eigenvalue weighted by atomic mass is 16.1. The Hall–Kier alpha value is -1.55. The van der Waals surface area contributed by atoms with Crippen LogP contribution in [0.25, 0.3) is 0 Å². The van der Waals surface area contributed by atoms with Gasteiger partial charge in [0.2, 0.25) is 5.91 Å². The number of carbonyl (C=O) groups is 1. The van der Waals surface area contributed by atoms with Crippen LogP contribution in [0.5, 0.6) is 0 Å². The molecule has 1 atom stereocenters. The monoisotopic (exact) mass is 261 g/mol. The van der Waals surface area contributed by atoms with Crippen LogP contribution in [0.1, 0.15) is 36.0 Å². The lowest BCUT2D eigenvalue weighted by Crippen LogP contribution is -2.41. The van der Waals surface area contributed by atoms with E-state index in [9.17, 15) is 4.79 Å².